The minimum Gasteiger partial charge on any atom is -0.376 e. The van der Waals surface area contributed by atoms with E-state index in [1.807, 2.05) is 24.3 Å². The van der Waals surface area contributed by atoms with Gasteiger partial charge in [0.25, 0.3) is 5.56 Å². The first kappa shape index (κ1) is 18.8. The molecule has 0 radical (unpaired) electrons. The van der Waals surface area contributed by atoms with E-state index in [0.717, 1.165) is 29.6 Å². The van der Waals surface area contributed by atoms with Crippen molar-refractivity contribution in [2.45, 2.75) is 25.5 Å². The number of aromatic nitrogens is 4. The third-order valence-corrected chi connectivity index (χ3v) is 5.51. The summed E-state index contributed by atoms with van der Waals surface area (Å²) in [6.07, 6.45) is 2.13. The van der Waals surface area contributed by atoms with Gasteiger partial charge in [-0.3, -0.25) is 18.5 Å². The van der Waals surface area contributed by atoms with E-state index in [-0.39, 0.29) is 11.7 Å². The lowest BCUT2D eigenvalue weighted by molar-refractivity contribution is 0.120. The van der Waals surface area contributed by atoms with E-state index in [4.69, 9.17) is 16.3 Å². The van der Waals surface area contributed by atoms with Crippen LogP contribution in [0.25, 0.3) is 11.2 Å². The second-order valence-electron chi connectivity index (χ2n) is 7.01. The Hall–Kier alpha value is -2.58. The molecule has 1 aromatic carbocycles. The van der Waals surface area contributed by atoms with Gasteiger partial charge in [-0.2, -0.15) is 4.98 Å². The number of nitrogens with zero attached hydrogens (tertiary/aromatic N) is 4. The summed E-state index contributed by atoms with van der Waals surface area (Å²) in [5.41, 5.74) is 0.766. The van der Waals surface area contributed by atoms with Crippen LogP contribution in [0.1, 0.15) is 18.4 Å². The third-order valence-electron chi connectivity index (χ3n) is 5.15. The van der Waals surface area contributed by atoms with Crippen molar-refractivity contribution >= 4 is 28.7 Å². The number of imidazole rings is 1. The summed E-state index contributed by atoms with van der Waals surface area (Å²) < 4.78 is 9.94. The molecular formula is C19H22ClN5O3. The van der Waals surface area contributed by atoms with Crippen LogP contribution in [0.2, 0.25) is 5.02 Å². The number of halogens is 1. The van der Waals surface area contributed by atoms with E-state index >= 15 is 0 Å². The Kier molecular flexibility index (Phi) is 4.99. The predicted molar refractivity (Wildman–Crippen MR) is 108 cm³/mol. The van der Waals surface area contributed by atoms with Crippen LogP contribution in [-0.4, -0.2) is 37.9 Å². The van der Waals surface area contributed by atoms with Crippen LogP contribution in [0, 0.1) is 0 Å². The topological polar surface area (TPSA) is 83.1 Å². The molecule has 2 aromatic heterocycles. The van der Waals surface area contributed by atoms with E-state index < -0.39 is 5.69 Å². The van der Waals surface area contributed by atoms with Crippen LogP contribution in [0.4, 0.5) is 5.95 Å². The number of anilines is 1. The van der Waals surface area contributed by atoms with Crippen molar-refractivity contribution in [2.24, 2.45) is 14.1 Å². The average Bonchev–Trinajstić information content (AvgIpc) is 3.33. The maximum absolute atomic E-state index is 12.9. The third kappa shape index (κ3) is 3.22. The van der Waals surface area contributed by atoms with Gasteiger partial charge in [-0.1, -0.05) is 29.8 Å². The fourth-order valence-corrected chi connectivity index (χ4v) is 3.74. The highest BCUT2D eigenvalue weighted by molar-refractivity contribution is 6.31. The summed E-state index contributed by atoms with van der Waals surface area (Å²) in [6.45, 7) is 1.70. The molecule has 0 spiro atoms. The Bertz CT molecular complexity index is 1140. The lowest BCUT2D eigenvalue weighted by Gasteiger charge is -2.14. The van der Waals surface area contributed by atoms with Crippen molar-refractivity contribution in [2.75, 3.05) is 18.5 Å². The summed E-state index contributed by atoms with van der Waals surface area (Å²) in [6, 6.07) is 7.47. The molecule has 1 N–H and O–H groups in total. The number of aryl methyl sites for hydroxylation is 1. The van der Waals surface area contributed by atoms with Gasteiger partial charge in [-0.15, -0.1) is 0 Å². The fourth-order valence-electron chi connectivity index (χ4n) is 3.54. The monoisotopic (exact) mass is 403 g/mol. The predicted octanol–water partition coefficient (Wildman–Crippen LogP) is 1.73. The molecule has 148 valence electrons. The SMILES string of the molecule is Cn1c(=O)c2c(nc(NC[C@H]3CCCO3)n2Cc2ccccc2Cl)n(C)c1=O. The second-order valence-corrected chi connectivity index (χ2v) is 7.41. The van der Waals surface area contributed by atoms with E-state index in [2.05, 4.69) is 10.3 Å². The molecule has 0 unspecified atom stereocenters. The van der Waals surface area contributed by atoms with Crippen molar-refractivity contribution in [3.05, 3.63) is 55.7 Å². The van der Waals surface area contributed by atoms with Crippen LogP contribution < -0.4 is 16.6 Å². The smallest absolute Gasteiger partial charge is 0.332 e. The van der Waals surface area contributed by atoms with Gasteiger partial charge in [0, 0.05) is 32.3 Å². The molecule has 0 aliphatic carbocycles. The normalized spacial score (nSPS) is 16.8. The molecule has 8 nitrogen and oxygen atoms in total. The number of fused-ring (bicyclic) bond motifs is 1. The van der Waals surface area contributed by atoms with E-state index in [1.54, 1.807) is 11.6 Å². The molecule has 4 rings (SSSR count). The highest BCUT2D eigenvalue weighted by Crippen LogP contribution is 2.22. The number of hydrogen-bond acceptors (Lipinski definition) is 5. The molecular weight excluding hydrogens is 382 g/mol. The number of nitrogens with one attached hydrogen (secondary N) is 1. The van der Waals surface area contributed by atoms with Gasteiger partial charge in [0.05, 0.1) is 12.6 Å². The van der Waals surface area contributed by atoms with Gasteiger partial charge in [-0.05, 0) is 24.5 Å². The number of hydrogen-bond donors (Lipinski definition) is 1. The summed E-state index contributed by atoms with van der Waals surface area (Å²) in [4.78, 5) is 29.8. The molecule has 9 heteroatoms. The molecule has 28 heavy (non-hydrogen) atoms. The summed E-state index contributed by atoms with van der Waals surface area (Å²) in [5.74, 6) is 0.517. The van der Waals surface area contributed by atoms with Gasteiger partial charge in [0.1, 0.15) is 0 Å². The van der Waals surface area contributed by atoms with E-state index in [9.17, 15) is 9.59 Å². The minimum atomic E-state index is -0.412. The van der Waals surface area contributed by atoms with Gasteiger partial charge in [0.2, 0.25) is 5.95 Å². The Labute approximate surface area is 166 Å². The first-order valence-corrected chi connectivity index (χ1v) is 9.60. The quantitative estimate of drug-likeness (QED) is 0.701. The number of rotatable bonds is 5. The van der Waals surface area contributed by atoms with Crippen molar-refractivity contribution in [3.8, 4) is 0 Å². The van der Waals surface area contributed by atoms with Crippen molar-refractivity contribution in [3.63, 3.8) is 0 Å². The number of ether oxygens (including phenoxy) is 1. The zero-order chi connectivity index (χ0) is 19.8. The molecule has 3 heterocycles. The van der Waals surface area contributed by atoms with Gasteiger partial charge in [0.15, 0.2) is 11.2 Å². The Morgan fingerprint density at radius 3 is 2.75 bits per heavy atom. The van der Waals surface area contributed by atoms with E-state index in [1.165, 1.54) is 11.6 Å². The Morgan fingerprint density at radius 1 is 1.25 bits per heavy atom. The highest BCUT2D eigenvalue weighted by Gasteiger charge is 2.21. The van der Waals surface area contributed by atoms with Crippen LogP contribution in [0.3, 0.4) is 0 Å². The molecule has 0 saturated carbocycles. The van der Waals surface area contributed by atoms with Crippen LogP contribution in [-0.2, 0) is 25.4 Å². The van der Waals surface area contributed by atoms with Crippen molar-refractivity contribution in [1.29, 1.82) is 0 Å². The minimum absolute atomic E-state index is 0.111. The summed E-state index contributed by atoms with van der Waals surface area (Å²) in [7, 11) is 3.08. The number of benzene rings is 1. The fraction of sp³-hybridized carbons (Fsp3) is 0.421. The molecule has 1 fully saturated rings. The first-order valence-electron chi connectivity index (χ1n) is 9.22. The standard InChI is InChI=1S/C19H22ClN5O3/c1-23-16-15(17(26)24(2)19(23)27)25(11-12-6-3-4-8-14(12)20)18(22-16)21-10-13-7-5-9-28-13/h3-4,6,8,13H,5,7,9-11H2,1-2H3,(H,21,22)/t13-/m1/s1. The molecule has 3 aromatic rings. The lowest BCUT2D eigenvalue weighted by atomic mass is 10.2. The molecule has 0 amide bonds. The Balaban J connectivity index is 1.85. The van der Waals surface area contributed by atoms with E-state index in [0.29, 0.717) is 35.2 Å². The highest BCUT2D eigenvalue weighted by atomic mass is 35.5. The molecule has 1 aliphatic heterocycles. The molecule has 0 bridgehead atoms. The van der Waals surface area contributed by atoms with Crippen molar-refractivity contribution < 1.29 is 4.74 Å². The zero-order valence-electron chi connectivity index (χ0n) is 15.8. The lowest BCUT2D eigenvalue weighted by Crippen LogP contribution is -2.37. The van der Waals surface area contributed by atoms with Crippen LogP contribution in [0.15, 0.2) is 33.9 Å². The Morgan fingerprint density at radius 2 is 2.04 bits per heavy atom. The summed E-state index contributed by atoms with van der Waals surface area (Å²) >= 11 is 6.34. The van der Waals surface area contributed by atoms with Crippen molar-refractivity contribution in [1.82, 2.24) is 18.7 Å². The van der Waals surface area contributed by atoms with Gasteiger partial charge < -0.3 is 10.1 Å². The average molecular weight is 404 g/mol. The maximum Gasteiger partial charge on any atom is 0.332 e. The van der Waals surface area contributed by atoms with Crippen LogP contribution >= 0.6 is 11.6 Å². The first-order chi connectivity index (χ1) is 13.5. The molecule has 1 aliphatic rings. The second kappa shape index (κ2) is 7.44. The largest absolute Gasteiger partial charge is 0.376 e. The zero-order valence-corrected chi connectivity index (χ0v) is 16.6. The van der Waals surface area contributed by atoms with Crippen LogP contribution in [0.5, 0.6) is 0 Å². The summed E-state index contributed by atoms with van der Waals surface area (Å²) in [5, 5.41) is 3.91. The molecule has 1 saturated heterocycles. The molecule has 1 atom stereocenters. The van der Waals surface area contributed by atoms with Gasteiger partial charge >= 0.3 is 5.69 Å². The van der Waals surface area contributed by atoms with Gasteiger partial charge in [-0.25, -0.2) is 4.79 Å². The maximum atomic E-state index is 12.9.